The Morgan fingerprint density at radius 3 is 2.29 bits per heavy atom. The van der Waals surface area contributed by atoms with Gasteiger partial charge in [-0.2, -0.15) is 0 Å². The molecule has 1 aromatic carbocycles. The number of benzene rings is 1. The smallest absolute Gasteiger partial charge is 0.240 e. The van der Waals surface area contributed by atoms with Crippen molar-refractivity contribution in [3.8, 4) is 0 Å². The summed E-state index contributed by atoms with van der Waals surface area (Å²) in [6.07, 6.45) is 2.48. The van der Waals surface area contributed by atoms with Crippen LogP contribution in [0, 0.1) is 5.92 Å². The molecule has 1 aliphatic rings. The molecule has 2 N–H and O–H groups in total. The summed E-state index contributed by atoms with van der Waals surface area (Å²) in [5.74, 6) is 0.479. The topological polar surface area (TPSA) is 75.3 Å². The van der Waals surface area contributed by atoms with E-state index in [2.05, 4.69) is 30.8 Å². The predicted molar refractivity (Wildman–Crippen MR) is 95.3 cm³/mol. The van der Waals surface area contributed by atoms with Crippen molar-refractivity contribution in [2.75, 3.05) is 6.54 Å². The minimum Gasteiger partial charge on any atom is -0.353 e. The van der Waals surface area contributed by atoms with E-state index in [1.807, 2.05) is 19.1 Å². The van der Waals surface area contributed by atoms with Gasteiger partial charge in [0.2, 0.25) is 15.9 Å². The van der Waals surface area contributed by atoms with E-state index < -0.39 is 10.0 Å². The zero-order valence-electron chi connectivity index (χ0n) is 14.9. The van der Waals surface area contributed by atoms with Gasteiger partial charge in [0, 0.05) is 19.0 Å². The Morgan fingerprint density at radius 2 is 1.79 bits per heavy atom. The lowest BCUT2D eigenvalue weighted by Gasteiger charge is -2.19. The molecular weight excluding hydrogens is 324 g/mol. The number of hydrogen-bond donors (Lipinski definition) is 2. The van der Waals surface area contributed by atoms with Crippen molar-refractivity contribution in [1.82, 2.24) is 10.0 Å². The molecule has 0 spiro atoms. The van der Waals surface area contributed by atoms with Gasteiger partial charge in [0.25, 0.3) is 0 Å². The van der Waals surface area contributed by atoms with Crippen LogP contribution in [0.2, 0.25) is 0 Å². The molecule has 24 heavy (non-hydrogen) atoms. The second-order valence-electron chi connectivity index (χ2n) is 7.62. The molecule has 0 heterocycles. The standard InChI is InChI=1S/C18H28N2O3S/c1-13(14-5-6-14)20-17(21)11-12-19-24(22,23)16-9-7-15(8-10-16)18(2,3)4/h7-10,13-14,19H,5-6,11-12H2,1-4H3,(H,20,21). The number of amides is 1. The Balaban J connectivity index is 1.85. The van der Waals surface area contributed by atoms with Crippen molar-refractivity contribution in [3.05, 3.63) is 29.8 Å². The highest BCUT2D eigenvalue weighted by atomic mass is 32.2. The van der Waals surface area contributed by atoms with Gasteiger partial charge >= 0.3 is 0 Å². The average molecular weight is 353 g/mol. The first-order valence-corrected chi connectivity index (χ1v) is 9.97. The Labute approximate surface area is 145 Å². The molecule has 0 bridgehead atoms. The van der Waals surface area contributed by atoms with Crippen LogP contribution in [0.3, 0.4) is 0 Å². The van der Waals surface area contributed by atoms with Gasteiger partial charge in [-0.3, -0.25) is 4.79 Å². The molecule has 0 aromatic heterocycles. The van der Waals surface area contributed by atoms with Gasteiger partial charge in [0.15, 0.2) is 0 Å². The molecule has 1 saturated carbocycles. The number of nitrogens with one attached hydrogen (secondary N) is 2. The maximum Gasteiger partial charge on any atom is 0.240 e. The first-order valence-electron chi connectivity index (χ1n) is 8.49. The summed E-state index contributed by atoms with van der Waals surface area (Å²) in [4.78, 5) is 12.0. The minimum atomic E-state index is -3.58. The van der Waals surface area contributed by atoms with E-state index in [4.69, 9.17) is 0 Å². The van der Waals surface area contributed by atoms with Crippen LogP contribution >= 0.6 is 0 Å². The van der Waals surface area contributed by atoms with E-state index in [0.717, 1.165) is 5.56 Å². The highest BCUT2D eigenvalue weighted by molar-refractivity contribution is 7.89. The lowest BCUT2D eigenvalue weighted by molar-refractivity contribution is -0.121. The molecule has 0 aliphatic heterocycles. The molecule has 134 valence electrons. The fraction of sp³-hybridized carbons (Fsp3) is 0.611. The average Bonchev–Trinajstić information content (AvgIpc) is 3.31. The first-order chi connectivity index (χ1) is 11.1. The summed E-state index contributed by atoms with van der Waals surface area (Å²) in [6.45, 7) is 8.34. The minimum absolute atomic E-state index is 0.0218. The van der Waals surface area contributed by atoms with E-state index >= 15 is 0 Å². The second-order valence-corrected chi connectivity index (χ2v) is 9.38. The van der Waals surface area contributed by atoms with Crippen molar-refractivity contribution in [2.24, 2.45) is 5.92 Å². The van der Waals surface area contributed by atoms with Gasteiger partial charge < -0.3 is 5.32 Å². The Kier molecular flexibility index (Phi) is 5.71. The van der Waals surface area contributed by atoms with Gasteiger partial charge in [0.05, 0.1) is 4.90 Å². The third kappa shape index (κ3) is 5.31. The Bertz CT molecular complexity index is 671. The molecule has 1 aromatic rings. The molecule has 1 unspecified atom stereocenters. The molecule has 2 rings (SSSR count). The molecule has 1 aliphatic carbocycles. The van der Waals surface area contributed by atoms with Crippen LogP contribution in [-0.4, -0.2) is 26.9 Å². The quantitative estimate of drug-likeness (QED) is 0.792. The van der Waals surface area contributed by atoms with Crippen molar-refractivity contribution < 1.29 is 13.2 Å². The molecule has 0 saturated heterocycles. The lowest BCUT2D eigenvalue weighted by atomic mass is 9.87. The number of rotatable bonds is 7. The second kappa shape index (κ2) is 7.23. The lowest BCUT2D eigenvalue weighted by Crippen LogP contribution is -2.36. The van der Waals surface area contributed by atoms with Gasteiger partial charge in [-0.05, 0) is 48.8 Å². The largest absolute Gasteiger partial charge is 0.353 e. The van der Waals surface area contributed by atoms with Gasteiger partial charge in [-0.15, -0.1) is 0 Å². The Morgan fingerprint density at radius 1 is 1.21 bits per heavy atom. The van der Waals surface area contributed by atoms with Crippen LogP contribution in [0.25, 0.3) is 0 Å². The van der Waals surface area contributed by atoms with Crippen LogP contribution < -0.4 is 10.0 Å². The van der Waals surface area contributed by atoms with E-state index in [9.17, 15) is 13.2 Å². The van der Waals surface area contributed by atoms with Crippen molar-refractivity contribution in [1.29, 1.82) is 0 Å². The normalized spacial score (nSPS) is 16.7. The van der Waals surface area contributed by atoms with Crippen molar-refractivity contribution in [2.45, 2.75) is 63.3 Å². The molecule has 1 fully saturated rings. The fourth-order valence-corrected chi connectivity index (χ4v) is 3.59. The van der Waals surface area contributed by atoms with Gasteiger partial charge in [0.1, 0.15) is 0 Å². The highest BCUT2D eigenvalue weighted by Gasteiger charge is 2.28. The first kappa shape index (κ1) is 18.9. The number of sulfonamides is 1. The Hall–Kier alpha value is -1.40. The van der Waals surface area contributed by atoms with Crippen LogP contribution in [0.5, 0.6) is 0 Å². The van der Waals surface area contributed by atoms with E-state index in [1.54, 1.807) is 12.1 Å². The summed E-state index contributed by atoms with van der Waals surface area (Å²) >= 11 is 0. The van der Waals surface area contributed by atoms with E-state index in [-0.39, 0.29) is 35.2 Å². The summed E-state index contributed by atoms with van der Waals surface area (Å²) in [5, 5.41) is 2.92. The zero-order valence-corrected chi connectivity index (χ0v) is 15.7. The molecule has 6 heteroatoms. The van der Waals surface area contributed by atoms with Crippen molar-refractivity contribution >= 4 is 15.9 Å². The summed E-state index contributed by atoms with van der Waals surface area (Å²) in [5.41, 5.74) is 1.06. The monoisotopic (exact) mass is 352 g/mol. The number of carbonyl (C=O) groups excluding carboxylic acids is 1. The molecular formula is C18H28N2O3S. The van der Waals surface area contributed by atoms with Gasteiger partial charge in [-0.1, -0.05) is 32.9 Å². The van der Waals surface area contributed by atoms with Crippen LogP contribution in [0.1, 0.15) is 52.5 Å². The maximum atomic E-state index is 12.3. The van der Waals surface area contributed by atoms with Crippen LogP contribution in [-0.2, 0) is 20.2 Å². The van der Waals surface area contributed by atoms with Crippen LogP contribution in [0.4, 0.5) is 0 Å². The molecule has 5 nitrogen and oxygen atoms in total. The number of hydrogen-bond acceptors (Lipinski definition) is 3. The van der Waals surface area contributed by atoms with E-state index in [0.29, 0.717) is 5.92 Å². The van der Waals surface area contributed by atoms with E-state index in [1.165, 1.54) is 12.8 Å². The summed E-state index contributed by atoms with van der Waals surface area (Å²) in [7, 11) is -3.58. The molecule has 0 radical (unpaired) electrons. The summed E-state index contributed by atoms with van der Waals surface area (Å²) in [6, 6.07) is 7.06. The van der Waals surface area contributed by atoms with Crippen molar-refractivity contribution in [3.63, 3.8) is 0 Å². The number of carbonyl (C=O) groups is 1. The van der Waals surface area contributed by atoms with Crippen LogP contribution in [0.15, 0.2) is 29.2 Å². The third-order valence-corrected chi connectivity index (χ3v) is 5.87. The maximum absolute atomic E-state index is 12.3. The van der Waals surface area contributed by atoms with Gasteiger partial charge in [-0.25, -0.2) is 13.1 Å². The SMILES string of the molecule is CC(NC(=O)CCNS(=O)(=O)c1ccc(C(C)(C)C)cc1)C1CC1. The molecule has 1 amide bonds. The molecule has 1 atom stereocenters. The summed E-state index contributed by atoms with van der Waals surface area (Å²) < 4.78 is 27.0. The predicted octanol–water partition coefficient (Wildman–Crippen LogP) is 2.57. The highest BCUT2D eigenvalue weighted by Crippen LogP contribution is 2.32. The fourth-order valence-electron chi connectivity index (χ4n) is 2.56. The third-order valence-electron chi connectivity index (χ3n) is 4.39. The zero-order chi connectivity index (χ0) is 18.0.